The Bertz CT molecular complexity index is 1290. The maximum atomic E-state index is 3.69. The predicted molar refractivity (Wildman–Crippen MR) is 127 cm³/mol. The van der Waals surface area contributed by atoms with Crippen LogP contribution in [0.25, 0.3) is 38.6 Å². The third-order valence-electron chi connectivity index (χ3n) is 4.93. The summed E-state index contributed by atoms with van der Waals surface area (Å²) in [5.74, 6) is 0. The second-order valence-corrected chi connectivity index (χ2v) is 8.57. The van der Waals surface area contributed by atoms with Crippen LogP contribution in [-0.2, 0) is 0 Å². The van der Waals surface area contributed by atoms with Crippen molar-refractivity contribution in [3.8, 4) is 16.8 Å². The fourth-order valence-electron chi connectivity index (χ4n) is 3.70. The fraction of sp³-hybridized carbons (Fsp3) is 0. The molecule has 27 heavy (non-hydrogen) atoms. The highest BCUT2D eigenvalue weighted by Crippen LogP contribution is 2.36. The highest BCUT2D eigenvalue weighted by molar-refractivity contribution is 14.1. The Morgan fingerprint density at radius 2 is 1.37 bits per heavy atom. The molecule has 0 saturated heterocycles. The van der Waals surface area contributed by atoms with Crippen LogP contribution in [0.15, 0.2) is 95.5 Å². The van der Waals surface area contributed by atoms with Crippen molar-refractivity contribution in [3.05, 3.63) is 99.0 Å². The van der Waals surface area contributed by atoms with E-state index in [9.17, 15) is 0 Å². The molecule has 1 aromatic heterocycles. The van der Waals surface area contributed by atoms with Gasteiger partial charge in [-0.15, -0.1) is 0 Å². The zero-order chi connectivity index (χ0) is 18.4. The van der Waals surface area contributed by atoms with E-state index in [2.05, 4.69) is 134 Å². The van der Waals surface area contributed by atoms with Gasteiger partial charge < -0.3 is 4.57 Å². The number of fused-ring (bicyclic) bond motifs is 3. The van der Waals surface area contributed by atoms with Gasteiger partial charge in [-0.25, -0.2) is 0 Å². The summed E-state index contributed by atoms with van der Waals surface area (Å²) in [5, 5.41) is 2.54. The Balaban J connectivity index is 1.84. The van der Waals surface area contributed by atoms with Crippen molar-refractivity contribution in [1.29, 1.82) is 0 Å². The van der Waals surface area contributed by atoms with E-state index in [-0.39, 0.29) is 0 Å². The summed E-state index contributed by atoms with van der Waals surface area (Å²) < 4.78 is 4.71. The molecule has 0 spiro atoms. The number of benzene rings is 4. The summed E-state index contributed by atoms with van der Waals surface area (Å²) in [6.07, 6.45) is 0. The van der Waals surface area contributed by atoms with Crippen LogP contribution in [0.4, 0.5) is 0 Å². The molecule has 0 bridgehead atoms. The lowest BCUT2D eigenvalue weighted by Gasteiger charge is -2.10. The second kappa shape index (κ2) is 6.80. The summed E-state index contributed by atoms with van der Waals surface area (Å²) >= 11 is 6.08. The van der Waals surface area contributed by atoms with Crippen LogP contribution in [0.2, 0.25) is 0 Å². The molecular formula is C24H15BrIN. The third-order valence-corrected chi connectivity index (χ3v) is 7.22. The molecule has 0 aliphatic carbocycles. The van der Waals surface area contributed by atoms with Crippen LogP contribution in [0.3, 0.4) is 0 Å². The van der Waals surface area contributed by atoms with Crippen molar-refractivity contribution >= 4 is 60.3 Å². The topological polar surface area (TPSA) is 4.93 Å². The Morgan fingerprint density at radius 1 is 0.630 bits per heavy atom. The molecule has 0 radical (unpaired) electrons. The van der Waals surface area contributed by atoms with Gasteiger partial charge in [0.05, 0.1) is 11.0 Å². The molecule has 0 aliphatic rings. The zero-order valence-corrected chi connectivity index (χ0v) is 18.1. The molecule has 0 fully saturated rings. The molecule has 5 aromatic rings. The van der Waals surface area contributed by atoms with Crippen molar-refractivity contribution in [2.45, 2.75) is 0 Å². The molecule has 0 aliphatic heterocycles. The van der Waals surface area contributed by atoms with E-state index >= 15 is 0 Å². The smallest absolute Gasteiger partial charge is 0.0552 e. The van der Waals surface area contributed by atoms with E-state index in [0.29, 0.717) is 0 Å². The first-order valence-electron chi connectivity index (χ1n) is 8.76. The van der Waals surface area contributed by atoms with Gasteiger partial charge in [0, 0.05) is 24.5 Å². The molecule has 130 valence electrons. The average molecular weight is 524 g/mol. The van der Waals surface area contributed by atoms with Crippen molar-refractivity contribution in [2.75, 3.05) is 0 Å². The monoisotopic (exact) mass is 523 g/mol. The Hall–Kier alpha value is -2.11. The molecule has 4 aromatic carbocycles. The number of aromatic nitrogens is 1. The number of hydrogen-bond acceptors (Lipinski definition) is 0. The van der Waals surface area contributed by atoms with E-state index in [0.717, 1.165) is 4.47 Å². The molecular weight excluding hydrogens is 509 g/mol. The Kier molecular flexibility index (Phi) is 4.29. The van der Waals surface area contributed by atoms with Crippen LogP contribution in [0.1, 0.15) is 0 Å². The lowest BCUT2D eigenvalue weighted by Crippen LogP contribution is -1.94. The standard InChI is InChI=1S/C24H15BrIN/c25-21-14-20-19-11-4-5-12-23(19)27(24(20)15-22(21)26)18-10-6-9-17(13-18)16-7-2-1-3-8-16/h1-15H. The third kappa shape index (κ3) is 2.89. The summed E-state index contributed by atoms with van der Waals surface area (Å²) in [5.41, 5.74) is 6.10. The van der Waals surface area contributed by atoms with Gasteiger partial charge in [-0.05, 0) is 80.0 Å². The van der Waals surface area contributed by atoms with Gasteiger partial charge in [0.25, 0.3) is 0 Å². The highest BCUT2D eigenvalue weighted by Gasteiger charge is 2.14. The number of halogens is 2. The lowest BCUT2D eigenvalue weighted by molar-refractivity contribution is 1.18. The first kappa shape index (κ1) is 17.0. The lowest BCUT2D eigenvalue weighted by atomic mass is 10.1. The van der Waals surface area contributed by atoms with E-state index < -0.39 is 0 Å². The van der Waals surface area contributed by atoms with E-state index in [1.165, 1.54) is 42.2 Å². The number of nitrogens with zero attached hydrogens (tertiary/aromatic N) is 1. The average Bonchev–Trinajstić information content (AvgIpc) is 3.02. The molecule has 0 N–H and O–H groups in total. The first-order chi connectivity index (χ1) is 13.2. The van der Waals surface area contributed by atoms with Crippen LogP contribution in [0, 0.1) is 3.57 Å². The van der Waals surface area contributed by atoms with Crippen LogP contribution < -0.4 is 0 Å². The van der Waals surface area contributed by atoms with Crippen molar-refractivity contribution in [2.24, 2.45) is 0 Å². The van der Waals surface area contributed by atoms with Gasteiger partial charge >= 0.3 is 0 Å². The van der Waals surface area contributed by atoms with Crippen LogP contribution in [-0.4, -0.2) is 4.57 Å². The van der Waals surface area contributed by atoms with E-state index in [4.69, 9.17) is 0 Å². The molecule has 5 rings (SSSR count). The molecule has 0 amide bonds. The van der Waals surface area contributed by atoms with E-state index in [1.54, 1.807) is 0 Å². The molecule has 3 heteroatoms. The number of hydrogen-bond donors (Lipinski definition) is 0. The van der Waals surface area contributed by atoms with Crippen molar-refractivity contribution in [3.63, 3.8) is 0 Å². The molecule has 1 nitrogen and oxygen atoms in total. The summed E-state index contributed by atoms with van der Waals surface area (Å²) in [6, 6.07) is 32.4. The molecule has 1 heterocycles. The summed E-state index contributed by atoms with van der Waals surface area (Å²) in [4.78, 5) is 0. The van der Waals surface area contributed by atoms with Gasteiger partial charge in [-0.3, -0.25) is 0 Å². The van der Waals surface area contributed by atoms with Crippen LogP contribution >= 0.6 is 38.5 Å². The minimum atomic E-state index is 1.14. The largest absolute Gasteiger partial charge is 0.309 e. The maximum absolute atomic E-state index is 3.69. The summed E-state index contributed by atoms with van der Waals surface area (Å²) in [6.45, 7) is 0. The Labute approximate surface area is 179 Å². The molecule has 0 saturated carbocycles. The minimum absolute atomic E-state index is 1.14. The minimum Gasteiger partial charge on any atom is -0.309 e. The fourth-order valence-corrected chi connectivity index (χ4v) is 4.49. The van der Waals surface area contributed by atoms with Gasteiger partial charge in [-0.1, -0.05) is 60.7 Å². The van der Waals surface area contributed by atoms with Gasteiger partial charge in [0.1, 0.15) is 0 Å². The van der Waals surface area contributed by atoms with Crippen LogP contribution in [0.5, 0.6) is 0 Å². The summed E-state index contributed by atoms with van der Waals surface area (Å²) in [7, 11) is 0. The number of rotatable bonds is 2. The molecule has 0 atom stereocenters. The van der Waals surface area contributed by atoms with Gasteiger partial charge in [-0.2, -0.15) is 0 Å². The molecule has 0 unspecified atom stereocenters. The SMILES string of the molecule is Brc1cc2c3ccccc3n(-c3cccc(-c4ccccc4)c3)c2cc1I. The quantitative estimate of drug-likeness (QED) is 0.208. The second-order valence-electron chi connectivity index (χ2n) is 6.55. The van der Waals surface area contributed by atoms with E-state index in [1.807, 2.05) is 0 Å². The zero-order valence-electron chi connectivity index (χ0n) is 14.4. The predicted octanol–water partition coefficient (Wildman–Crippen LogP) is 7.82. The number of para-hydroxylation sites is 1. The first-order valence-corrected chi connectivity index (χ1v) is 10.6. The maximum Gasteiger partial charge on any atom is 0.0552 e. The van der Waals surface area contributed by atoms with Gasteiger partial charge in [0.15, 0.2) is 0 Å². The normalized spacial score (nSPS) is 11.3. The van der Waals surface area contributed by atoms with Crippen molar-refractivity contribution < 1.29 is 0 Å². The Morgan fingerprint density at radius 3 is 2.22 bits per heavy atom. The van der Waals surface area contributed by atoms with Gasteiger partial charge in [0.2, 0.25) is 0 Å². The highest BCUT2D eigenvalue weighted by atomic mass is 127. The van der Waals surface area contributed by atoms with Crippen molar-refractivity contribution in [1.82, 2.24) is 4.57 Å².